The van der Waals surface area contributed by atoms with E-state index in [1.54, 1.807) is 6.92 Å². The zero-order valence-electron chi connectivity index (χ0n) is 12.9. The van der Waals surface area contributed by atoms with E-state index in [1.807, 2.05) is 11.0 Å². The van der Waals surface area contributed by atoms with Crippen molar-refractivity contribution in [1.82, 2.24) is 4.90 Å². The van der Waals surface area contributed by atoms with Crippen LogP contribution < -0.4 is 0 Å². The normalized spacial score (nSPS) is 17.5. The van der Waals surface area contributed by atoms with E-state index >= 15 is 0 Å². The molecule has 118 valence electrons. The molecule has 0 bridgehead atoms. The fourth-order valence-electron chi connectivity index (χ4n) is 2.90. The highest BCUT2D eigenvalue weighted by Crippen LogP contribution is 2.23. The molecule has 0 aliphatic carbocycles. The minimum absolute atomic E-state index is 0.286. The number of nitrogens with zero attached hydrogens (tertiary/aromatic N) is 2. The van der Waals surface area contributed by atoms with Gasteiger partial charge < -0.3 is 4.74 Å². The van der Waals surface area contributed by atoms with Crippen molar-refractivity contribution in [1.29, 1.82) is 0 Å². The number of rotatable bonds is 6. The van der Waals surface area contributed by atoms with Crippen molar-refractivity contribution in [3.8, 4) is 0 Å². The van der Waals surface area contributed by atoms with Gasteiger partial charge in [0.15, 0.2) is 0 Å². The van der Waals surface area contributed by atoms with Crippen molar-refractivity contribution in [3.63, 3.8) is 0 Å². The summed E-state index contributed by atoms with van der Waals surface area (Å²) in [7, 11) is 0. The Labute approximate surface area is 131 Å². The van der Waals surface area contributed by atoms with Gasteiger partial charge in [-0.2, -0.15) is 4.99 Å². The Bertz CT molecular complexity index is 518. The summed E-state index contributed by atoms with van der Waals surface area (Å²) in [4.78, 5) is 27.9. The Balaban J connectivity index is 1.89. The van der Waals surface area contributed by atoms with Gasteiger partial charge in [0.1, 0.15) is 0 Å². The van der Waals surface area contributed by atoms with E-state index in [9.17, 15) is 9.59 Å². The third kappa shape index (κ3) is 4.52. The van der Waals surface area contributed by atoms with Crippen LogP contribution >= 0.6 is 0 Å². The number of isocyanates is 1. The van der Waals surface area contributed by atoms with Crippen LogP contribution in [-0.4, -0.2) is 42.8 Å². The van der Waals surface area contributed by atoms with E-state index < -0.39 is 12.1 Å². The molecule has 1 heterocycles. The van der Waals surface area contributed by atoms with Crippen molar-refractivity contribution < 1.29 is 14.3 Å². The van der Waals surface area contributed by atoms with Crippen LogP contribution in [0.1, 0.15) is 25.3 Å². The average molecular weight is 302 g/mol. The van der Waals surface area contributed by atoms with Gasteiger partial charge in [0.25, 0.3) is 0 Å². The zero-order valence-corrected chi connectivity index (χ0v) is 12.9. The molecule has 0 saturated carbocycles. The molecule has 1 saturated heterocycles. The molecule has 22 heavy (non-hydrogen) atoms. The minimum atomic E-state index is -0.838. The van der Waals surface area contributed by atoms with E-state index in [1.165, 1.54) is 11.6 Å². The molecule has 1 atom stereocenters. The van der Waals surface area contributed by atoms with Crippen molar-refractivity contribution in [2.75, 3.05) is 19.7 Å². The minimum Gasteiger partial charge on any atom is -0.463 e. The van der Waals surface area contributed by atoms with Gasteiger partial charge in [-0.05, 0) is 37.7 Å². The lowest BCUT2D eigenvalue weighted by atomic mass is 9.90. The van der Waals surface area contributed by atoms with Gasteiger partial charge in [-0.1, -0.05) is 30.3 Å². The largest absolute Gasteiger partial charge is 0.463 e. The summed E-state index contributed by atoms with van der Waals surface area (Å²) in [5.41, 5.74) is 1.34. The molecular weight excluding hydrogens is 280 g/mol. The van der Waals surface area contributed by atoms with E-state index in [-0.39, 0.29) is 6.61 Å². The van der Waals surface area contributed by atoms with Crippen molar-refractivity contribution in [2.45, 2.75) is 32.4 Å². The van der Waals surface area contributed by atoms with E-state index in [2.05, 4.69) is 29.3 Å². The number of carbonyl (C=O) groups excluding carboxylic acids is 2. The van der Waals surface area contributed by atoms with Crippen LogP contribution in [0.4, 0.5) is 0 Å². The summed E-state index contributed by atoms with van der Waals surface area (Å²) in [6.07, 6.45) is 3.67. The van der Waals surface area contributed by atoms with Gasteiger partial charge in [-0.25, -0.2) is 9.59 Å². The summed E-state index contributed by atoms with van der Waals surface area (Å²) in [5, 5.41) is 0. The number of benzene rings is 1. The highest BCUT2D eigenvalue weighted by atomic mass is 16.5. The smallest absolute Gasteiger partial charge is 0.347 e. The first-order valence-electron chi connectivity index (χ1n) is 7.76. The Hall–Kier alpha value is -1.97. The number of hydrogen-bond acceptors (Lipinski definition) is 5. The third-order valence-corrected chi connectivity index (χ3v) is 4.03. The molecule has 1 unspecified atom stereocenters. The number of piperidine rings is 1. The summed E-state index contributed by atoms with van der Waals surface area (Å²) < 4.78 is 4.98. The summed E-state index contributed by atoms with van der Waals surface area (Å²) in [6.45, 7) is 3.51. The maximum Gasteiger partial charge on any atom is 0.347 e. The summed E-state index contributed by atoms with van der Waals surface area (Å²) in [5.74, 6) is 0.133. The van der Waals surface area contributed by atoms with Crippen LogP contribution in [0.5, 0.6) is 0 Å². The highest BCUT2D eigenvalue weighted by Gasteiger charge is 2.30. The second kappa shape index (κ2) is 8.47. The quantitative estimate of drug-likeness (QED) is 0.459. The molecule has 1 aromatic carbocycles. The molecule has 0 spiro atoms. The first-order chi connectivity index (χ1) is 10.7. The molecule has 1 aliphatic heterocycles. The van der Waals surface area contributed by atoms with Crippen LogP contribution in [0.2, 0.25) is 0 Å². The zero-order chi connectivity index (χ0) is 15.8. The SMILES string of the molecule is CCOC(=O)C(N=C=O)N1CCC(Cc2ccccc2)CC1. The van der Waals surface area contributed by atoms with Gasteiger partial charge in [-0.15, -0.1) is 0 Å². The average Bonchev–Trinajstić information content (AvgIpc) is 2.55. The molecule has 0 N–H and O–H groups in total. The molecular formula is C17H22N2O3. The molecule has 0 aromatic heterocycles. The third-order valence-electron chi connectivity index (χ3n) is 4.03. The van der Waals surface area contributed by atoms with Crippen molar-refractivity contribution >= 4 is 12.0 Å². The summed E-state index contributed by atoms with van der Waals surface area (Å²) >= 11 is 0. The van der Waals surface area contributed by atoms with Gasteiger partial charge in [0.2, 0.25) is 12.2 Å². The van der Waals surface area contributed by atoms with Gasteiger partial charge in [0, 0.05) is 13.1 Å². The maximum atomic E-state index is 11.9. The predicted molar refractivity (Wildman–Crippen MR) is 83.0 cm³/mol. The number of aliphatic imine (C=N–C) groups is 1. The topological polar surface area (TPSA) is 59.0 Å². The Morgan fingerprint density at radius 2 is 2.05 bits per heavy atom. The fourth-order valence-corrected chi connectivity index (χ4v) is 2.90. The molecule has 2 rings (SSSR count). The maximum absolute atomic E-state index is 11.9. The molecule has 0 amide bonds. The molecule has 0 radical (unpaired) electrons. The van der Waals surface area contributed by atoms with E-state index in [0.29, 0.717) is 5.92 Å². The van der Waals surface area contributed by atoms with Crippen molar-refractivity contribution in [3.05, 3.63) is 35.9 Å². The molecule has 1 fully saturated rings. The molecule has 5 nitrogen and oxygen atoms in total. The van der Waals surface area contributed by atoms with Gasteiger partial charge in [0.05, 0.1) is 6.61 Å². The highest BCUT2D eigenvalue weighted by molar-refractivity contribution is 5.76. The number of ether oxygens (including phenoxy) is 1. The second-order valence-corrected chi connectivity index (χ2v) is 5.52. The number of esters is 1. The van der Waals surface area contributed by atoms with Crippen molar-refractivity contribution in [2.24, 2.45) is 10.9 Å². The number of carbonyl (C=O) groups is 1. The van der Waals surface area contributed by atoms with Gasteiger partial charge >= 0.3 is 5.97 Å². The lowest BCUT2D eigenvalue weighted by Crippen LogP contribution is -2.45. The summed E-state index contributed by atoms with van der Waals surface area (Å²) in [6, 6.07) is 10.4. The molecule has 1 aliphatic rings. The first kappa shape index (κ1) is 16.4. The van der Waals surface area contributed by atoms with Crippen LogP contribution in [-0.2, 0) is 20.7 Å². The Kier molecular flexibility index (Phi) is 6.31. The predicted octanol–water partition coefficient (Wildman–Crippen LogP) is 2.17. The Morgan fingerprint density at radius 1 is 1.36 bits per heavy atom. The van der Waals surface area contributed by atoms with Crippen LogP contribution in [0.15, 0.2) is 35.3 Å². The van der Waals surface area contributed by atoms with Crippen LogP contribution in [0.25, 0.3) is 0 Å². The monoisotopic (exact) mass is 302 g/mol. The van der Waals surface area contributed by atoms with Crippen LogP contribution in [0, 0.1) is 5.92 Å². The van der Waals surface area contributed by atoms with E-state index in [4.69, 9.17) is 4.74 Å². The molecule has 1 aromatic rings. The standard InChI is InChI=1S/C17H22N2O3/c1-2-22-17(21)16(18-13-20)19-10-8-15(9-11-19)12-14-6-4-3-5-7-14/h3-7,15-16H,2,8-12H2,1H3. The molecule has 5 heteroatoms. The Morgan fingerprint density at radius 3 is 2.64 bits per heavy atom. The number of hydrogen-bond donors (Lipinski definition) is 0. The first-order valence-corrected chi connectivity index (χ1v) is 7.76. The lowest BCUT2D eigenvalue weighted by Gasteiger charge is -2.34. The lowest BCUT2D eigenvalue weighted by molar-refractivity contribution is -0.149. The number of likely N-dealkylation sites (tertiary alicyclic amines) is 1. The van der Waals surface area contributed by atoms with Gasteiger partial charge in [-0.3, -0.25) is 4.90 Å². The fraction of sp³-hybridized carbons (Fsp3) is 0.529. The van der Waals surface area contributed by atoms with Crippen LogP contribution in [0.3, 0.4) is 0 Å². The van der Waals surface area contributed by atoms with E-state index in [0.717, 1.165) is 32.4 Å². The second-order valence-electron chi connectivity index (χ2n) is 5.52.